The lowest BCUT2D eigenvalue weighted by molar-refractivity contribution is 0.158. The molecule has 0 fully saturated rings. The maximum absolute atomic E-state index is 12.2. The van der Waals surface area contributed by atoms with Gasteiger partial charge in [0.15, 0.2) is 5.15 Å². The minimum atomic E-state index is -0.600. The molecule has 0 radical (unpaired) electrons. The summed E-state index contributed by atoms with van der Waals surface area (Å²) in [4.78, 5) is 16.2. The zero-order valence-electron chi connectivity index (χ0n) is 14.4. The van der Waals surface area contributed by atoms with E-state index in [-0.39, 0.29) is 24.3 Å². The Kier molecular flexibility index (Phi) is 4.79. The Morgan fingerprint density at radius 3 is 2.26 bits per heavy atom. The maximum atomic E-state index is 12.2. The number of nitrogens with zero attached hydrogens (tertiary/aromatic N) is 1. The van der Waals surface area contributed by atoms with Gasteiger partial charge in [0, 0.05) is 5.92 Å². The van der Waals surface area contributed by atoms with Crippen LogP contribution in [-0.4, -0.2) is 22.8 Å². The zero-order valence-corrected chi connectivity index (χ0v) is 15.1. The molecule has 2 N–H and O–H groups in total. The quantitative estimate of drug-likeness (QED) is 0.649. The van der Waals surface area contributed by atoms with Crippen molar-refractivity contribution >= 4 is 23.4 Å². The van der Waals surface area contributed by atoms with Gasteiger partial charge in [-0.15, -0.1) is 0 Å². The van der Waals surface area contributed by atoms with E-state index in [1.807, 2.05) is 24.3 Å². The highest BCUT2D eigenvalue weighted by molar-refractivity contribution is 6.32. The van der Waals surface area contributed by atoms with Crippen LogP contribution in [0.2, 0.25) is 5.15 Å². The number of aliphatic hydroxyl groups is 1. The number of hydrogen-bond acceptors (Lipinski definition) is 4. The zero-order chi connectivity index (χ0) is 18.8. The van der Waals surface area contributed by atoms with Crippen molar-refractivity contribution in [2.24, 2.45) is 0 Å². The third-order valence-corrected chi connectivity index (χ3v) is 4.94. The van der Waals surface area contributed by atoms with Gasteiger partial charge in [0.2, 0.25) is 0 Å². The van der Waals surface area contributed by atoms with Crippen LogP contribution in [0, 0.1) is 0 Å². The Hall–Kier alpha value is -2.89. The Bertz CT molecular complexity index is 961. The molecule has 5 nitrogen and oxygen atoms in total. The molecular formula is C21H17ClN2O3. The Labute approximate surface area is 161 Å². The van der Waals surface area contributed by atoms with Crippen LogP contribution in [-0.2, 0) is 11.3 Å². The average Bonchev–Trinajstić information content (AvgIpc) is 3.02. The smallest absolute Gasteiger partial charge is 0.411 e. The number of aliphatic hydroxyl groups excluding tert-OH is 1. The minimum Gasteiger partial charge on any atom is -0.448 e. The SMILES string of the molecule is O=C(Nc1ccc(CO)nc1Cl)OCC1c2ccccc2-c2ccccc21. The van der Waals surface area contributed by atoms with Gasteiger partial charge in [-0.05, 0) is 34.4 Å². The van der Waals surface area contributed by atoms with Crippen molar-refractivity contribution in [2.45, 2.75) is 12.5 Å². The average molecular weight is 381 g/mol. The first-order chi connectivity index (χ1) is 13.2. The second-order valence-corrected chi connectivity index (χ2v) is 6.61. The number of amides is 1. The van der Waals surface area contributed by atoms with E-state index >= 15 is 0 Å². The van der Waals surface area contributed by atoms with Crippen molar-refractivity contribution in [2.75, 3.05) is 11.9 Å². The number of rotatable bonds is 4. The number of ether oxygens (including phenoxy) is 1. The van der Waals surface area contributed by atoms with Crippen LogP contribution in [0.1, 0.15) is 22.7 Å². The van der Waals surface area contributed by atoms with Crippen molar-refractivity contribution in [1.29, 1.82) is 0 Å². The van der Waals surface area contributed by atoms with Crippen LogP contribution in [0.25, 0.3) is 11.1 Å². The van der Waals surface area contributed by atoms with E-state index < -0.39 is 6.09 Å². The number of carbonyl (C=O) groups is 1. The van der Waals surface area contributed by atoms with Gasteiger partial charge >= 0.3 is 6.09 Å². The van der Waals surface area contributed by atoms with Gasteiger partial charge in [-0.1, -0.05) is 60.1 Å². The monoisotopic (exact) mass is 380 g/mol. The standard InChI is InChI=1S/C21H17ClN2O3/c22-20-19(10-9-13(11-25)23-20)24-21(26)27-12-18-16-7-3-1-5-14(16)15-6-2-4-8-17(15)18/h1-10,18,25H,11-12H2,(H,24,26). The molecule has 4 rings (SSSR count). The summed E-state index contributed by atoms with van der Waals surface area (Å²) < 4.78 is 5.47. The van der Waals surface area contributed by atoms with Gasteiger partial charge in [-0.25, -0.2) is 9.78 Å². The number of pyridine rings is 1. The summed E-state index contributed by atoms with van der Waals surface area (Å²) in [5.41, 5.74) is 5.42. The molecule has 1 amide bonds. The Morgan fingerprint density at radius 2 is 1.67 bits per heavy atom. The molecule has 0 spiro atoms. The fourth-order valence-corrected chi connectivity index (χ4v) is 3.62. The highest BCUT2D eigenvalue weighted by Gasteiger charge is 2.29. The van der Waals surface area contributed by atoms with Crippen molar-refractivity contribution < 1.29 is 14.6 Å². The van der Waals surface area contributed by atoms with E-state index in [2.05, 4.69) is 34.6 Å². The second kappa shape index (κ2) is 7.39. The summed E-state index contributed by atoms with van der Waals surface area (Å²) in [6, 6.07) is 19.5. The number of halogens is 1. The molecule has 1 aliphatic carbocycles. The number of hydrogen-bond donors (Lipinski definition) is 2. The number of benzene rings is 2. The maximum Gasteiger partial charge on any atom is 0.411 e. The highest BCUT2D eigenvalue weighted by Crippen LogP contribution is 2.44. The predicted molar refractivity (Wildman–Crippen MR) is 104 cm³/mol. The van der Waals surface area contributed by atoms with Crippen LogP contribution in [0.3, 0.4) is 0 Å². The topological polar surface area (TPSA) is 71.5 Å². The fourth-order valence-electron chi connectivity index (χ4n) is 3.40. The molecule has 1 aliphatic rings. The molecular weight excluding hydrogens is 364 g/mol. The summed E-state index contributed by atoms with van der Waals surface area (Å²) in [5.74, 6) is -0.00601. The fraction of sp³-hybridized carbons (Fsp3) is 0.143. The van der Waals surface area contributed by atoms with Crippen molar-refractivity contribution in [3.63, 3.8) is 0 Å². The first-order valence-corrected chi connectivity index (χ1v) is 8.93. The molecule has 3 aromatic rings. The molecule has 0 atom stereocenters. The van der Waals surface area contributed by atoms with Gasteiger partial charge in [-0.3, -0.25) is 5.32 Å². The largest absolute Gasteiger partial charge is 0.448 e. The Morgan fingerprint density at radius 1 is 1.04 bits per heavy atom. The van der Waals surface area contributed by atoms with Gasteiger partial charge in [0.1, 0.15) is 6.61 Å². The van der Waals surface area contributed by atoms with Crippen LogP contribution in [0.5, 0.6) is 0 Å². The molecule has 0 unspecified atom stereocenters. The third-order valence-electron chi connectivity index (χ3n) is 4.65. The molecule has 0 saturated heterocycles. The molecule has 0 bridgehead atoms. The molecule has 1 aromatic heterocycles. The van der Waals surface area contributed by atoms with Crippen molar-refractivity contribution in [3.05, 3.63) is 82.6 Å². The highest BCUT2D eigenvalue weighted by atomic mass is 35.5. The minimum absolute atomic E-state index is 0.00601. The normalized spacial score (nSPS) is 12.4. The van der Waals surface area contributed by atoms with Gasteiger partial charge < -0.3 is 9.84 Å². The van der Waals surface area contributed by atoms with Crippen LogP contribution in [0.15, 0.2) is 60.7 Å². The lowest BCUT2D eigenvalue weighted by Crippen LogP contribution is -2.18. The van der Waals surface area contributed by atoms with E-state index in [0.717, 1.165) is 11.1 Å². The van der Waals surface area contributed by atoms with Gasteiger partial charge in [0.05, 0.1) is 18.0 Å². The van der Waals surface area contributed by atoms with Gasteiger partial charge in [0.25, 0.3) is 0 Å². The van der Waals surface area contributed by atoms with E-state index in [4.69, 9.17) is 21.4 Å². The third kappa shape index (κ3) is 3.39. The number of fused-ring (bicyclic) bond motifs is 3. The van der Waals surface area contributed by atoms with E-state index in [1.165, 1.54) is 11.1 Å². The molecule has 0 aliphatic heterocycles. The number of nitrogens with one attached hydrogen (secondary N) is 1. The van der Waals surface area contributed by atoms with Gasteiger partial charge in [-0.2, -0.15) is 0 Å². The van der Waals surface area contributed by atoms with Crippen LogP contribution in [0.4, 0.5) is 10.5 Å². The van der Waals surface area contributed by atoms with E-state index in [1.54, 1.807) is 12.1 Å². The molecule has 0 saturated carbocycles. The first-order valence-electron chi connectivity index (χ1n) is 8.55. The van der Waals surface area contributed by atoms with Crippen molar-refractivity contribution in [3.8, 4) is 11.1 Å². The lowest BCUT2D eigenvalue weighted by Gasteiger charge is -2.15. The predicted octanol–water partition coefficient (Wildman–Crippen LogP) is 4.59. The molecule has 1 heterocycles. The molecule has 136 valence electrons. The van der Waals surface area contributed by atoms with Crippen LogP contribution >= 0.6 is 11.6 Å². The summed E-state index contributed by atoms with van der Waals surface area (Å²) in [6.45, 7) is 0.00454. The molecule has 6 heteroatoms. The summed E-state index contributed by atoms with van der Waals surface area (Å²) in [7, 11) is 0. The van der Waals surface area contributed by atoms with E-state index in [0.29, 0.717) is 11.4 Å². The molecule has 27 heavy (non-hydrogen) atoms. The van der Waals surface area contributed by atoms with Crippen LogP contribution < -0.4 is 5.32 Å². The number of aromatic nitrogens is 1. The second-order valence-electron chi connectivity index (χ2n) is 6.25. The number of carbonyl (C=O) groups excluding carboxylic acids is 1. The summed E-state index contributed by atoms with van der Waals surface area (Å²) in [5, 5.41) is 11.8. The first kappa shape index (κ1) is 17.5. The van der Waals surface area contributed by atoms with Crippen molar-refractivity contribution in [1.82, 2.24) is 4.98 Å². The Balaban J connectivity index is 1.48. The summed E-state index contributed by atoms with van der Waals surface area (Å²) in [6.07, 6.45) is -0.600. The van der Waals surface area contributed by atoms with E-state index in [9.17, 15) is 4.79 Å². The molecule has 2 aromatic carbocycles. The lowest BCUT2D eigenvalue weighted by atomic mass is 9.98. The summed E-state index contributed by atoms with van der Waals surface area (Å²) >= 11 is 6.02. The number of anilines is 1.